The molecule has 1 aliphatic heterocycles. The largest absolute Gasteiger partial charge is 0.339 e. The molecule has 0 unspecified atom stereocenters. The molecular formula is C18H20ClN3O2S. The van der Waals surface area contributed by atoms with Crippen LogP contribution in [0.1, 0.15) is 24.3 Å². The topological polar surface area (TPSA) is 53.5 Å². The number of rotatable bonds is 3. The first kappa shape index (κ1) is 17.9. The maximum atomic E-state index is 12.7. The highest BCUT2D eigenvalue weighted by Crippen LogP contribution is 2.25. The van der Waals surface area contributed by atoms with Crippen LogP contribution in [0.15, 0.2) is 29.6 Å². The molecule has 2 heterocycles. The van der Waals surface area contributed by atoms with Crippen LogP contribution in [0.4, 0.5) is 0 Å². The molecule has 1 aromatic heterocycles. The number of amides is 2. The van der Waals surface area contributed by atoms with E-state index in [1.54, 1.807) is 10.3 Å². The van der Waals surface area contributed by atoms with Crippen LogP contribution < -0.4 is 0 Å². The summed E-state index contributed by atoms with van der Waals surface area (Å²) >= 11 is 7.35. The molecule has 2 aromatic rings. The summed E-state index contributed by atoms with van der Waals surface area (Å²) in [5.41, 5.74) is 1.40. The Kier molecular flexibility index (Phi) is 5.39. The molecule has 3 rings (SSSR count). The monoisotopic (exact) mass is 377 g/mol. The Morgan fingerprint density at radius 1 is 1.08 bits per heavy atom. The second-order valence-corrected chi connectivity index (χ2v) is 7.61. The molecule has 7 heteroatoms. The summed E-state index contributed by atoms with van der Waals surface area (Å²) in [5, 5.41) is 3.26. The number of halogens is 1. The molecule has 2 amide bonds. The fourth-order valence-electron chi connectivity index (χ4n) is 2.75. The molecule has 25 heavy (non-hydrogen) atoms. The van der Waals surface area contributed by atoms with E-state index in [4.69, 9.17) is 11.6 Å². The van der Waals surface area contributed by atoms with Crippen LogP contribution in [-0.2, 0) is 4.79 Å². The zero-order chi connectivity index (χ0) is 18.0. The normalized spacial score (nSPS) is 14.9. The average Bonchev–Trinajstić information content (AvgIpc) is 3.11. The van der Waals surface area contributed by atoms with Crippen molar-refractivity contribution in [2.75, 3.05) is 26.2 Å². The highest BCUT2D eigenvalue weighted by Gasteiger charge is 2.27. The predicted molar refractivity (Wildman–Crippen MR) is 99.9 cm³/mol. The molecule has 132 valence electrons. The number of aromatic nitrogens is 1. The SMILES string of the molecule is CC(C)C(=O)N1CCN(C(=O)c2csc(-c3ccc(Cl)cc3)n2)CC1. The molecule has 1 aromatic carbocycles. The summed E-state index contributed by atoms with van der Waals surface area (Å²) in [6.07, 6.45) is 0. The van der Waals surface area contributed by atoms with E-state index in [-0.39, 0.29) is 17.7 Å². The number of piperazine rings is 1. The van der Waals surface area contributed by atoms with Gasteiger partial charge >= 0.3 is 0 Å². The van der Waals surface area contributed by atoms with E-state index in [0.29, 0.717) is 36.9 Å². The van der Waals surface area contributed by atoms with Crippen molar-refractivity contribution < 1.29 is 9.59 Å². The van der Waals surface area contributed by atoms with Gasteiger partial charge in [-0.3, -0.25) is 9.59 Å². The van der Waals surface area contributed by atoms with Crippen LogP contribution in [0.3, 0.4) is 0 Å². The number of thiazole rings is 1. The van der Waals surface area contributed by atoms with Crippen molar-refractivity contribution in [1.82, 2.24) is 14.8 Å². The van der Waals surface area contributed by atoms with Crippen LogP contribution in [0.5, 0.6) is 0 Å². The summed E-state index contributed by atoms with van der Waals surface area (Å²) in [6.45, 7) is 6.05. The Bertz CT molecular complexity index is 765. The quantitative estimate of drug-likeness (QED) is 0.823. The first-order valence-corrected chi connectivity index (χ1v) is 9.51. The van der Waals surface area contributed by atoms with Crippen molar-refractivity contribution >= 4 is 34.8 Å². The van der Waals surface area contributed by atoms with Crippen molar-refractivity contribution in [2.24, 2.45) is 5.92 Å². The Balaban J connectivity index is 1.65. The molecule has 1 aliphatic rings. The third-order valence-electron chi connectivity index (χ3n) is 4.19. The first-order chi connectivity index (χ1) is 12.0. The van der Waals surface area contributed by atoms with Gasteiger partial charge in [-0.05, 0) is 12.1 Å². The van der Waals surface area contributed by atoms with Gasteiger partial charge in [0.05, 0.1) is 0 Å². The predicted octanol–water partition coefficient (Wildman–Crippen LogP) is 3.40. The van der Waals surface area contributed by atoms with Crippen molar-refractivity contribution in [2.45, 2.75) is 13.8 Å². The zero-order valence-corrected chi connectivity index (χ0v) is 15.8. The van der Waals surface area contributed by atoms with Gasteiger partial charge in [-0.2, -0.15) is 0 Å². The number of benzene rings is 1. The van der Waals surface area contributed by atoms with Crippen LogP contribution >= 0.6 is 22.9 Å². The summed E-state index contributed by atoms with van der Waals surface area (Å²) in [7, 11) is 0. The number of carbonyl (C=O) groups is 2. The van der Waals surface area contributed by atoms with Crippen molar-refractivity contribution in [1.29, 1.82) is 0 Å². The standard InChI is InChI=1S/C18H20ClN3O2S/c1-12(2)17(23)21-7-9-22(10-8-21)18(24)15-11-25-16(20-15)13-3-5-14(19)6-4-13/h3-6,11-12H,7-10H2,1-2H3. The molecule has 1 saturated heterocycles. The molecule has 1 fully saturated rings. The van der Waals surface area contributed by atoms with Crippen LogP contribution in [0.2, 0.25) is 5.02 Å². The fourth-order valence-corrected chi connectivity index (χ4v) is 3.68. The highest BCUT2D eigenvalue weighted by molar-refractivity contribution is 7.13. The minimum absolute atomic E-state index is 0.0114. The fraction of sp³-hybridized carbons (Fsp3) is 0.389. The van der Waals surface area contributed by atoms with Crippen LogP contribution in [-0.4, -0.2) is 52.8 Å². The molecule has 0 N–H and O–H groups in total. The Labute approximate surface area is 156 Å². The number of nitrogens with zero attached hydrogens (tertiary/aromatic N) is 3. The lowest BCUT2D eigenvalue weighted by Crippen LogP contribution is -2.51. The summed E-state index contributed by atoms with van der Waals surface area (Å²) < 4.78 is 0. The second kappa shape index (κ2) is 7.54. The average molecular weight is 378 g/mol. The molecule has 0 spiro atoms. The molecule has 5 nitrogen and oxygen atoms in total. The zero-order valence-electron chi connectivity index (χ0n) is 14.2. The van der Waals surface area contributed by atoms with E-state index in [1.807, 2.05) is 43.0 Å². The van der Waals surface area contributed by atoms with Crippen molar-refractivity contribution in [3.63, 3.8) is 0 Å². The summed E-state index contributed by atoms with van der Waals surface area (Å²) in [5.74, 6) is 0.0571. The molecule has 0 atom stereocenters. The maximum absolute atomic E-state index is 12.7. The Morgan fingerprint density at radius 2 is 1.68 bits per heavy atom. The van der Waals surface area contributed by atoms with Gasteiger partial charge in [0.15, 0.2) is 0 Å². The van der Waals surface area contributed by atoms with E-state index in [1.165, 1.54) is 11.3 Å². The highest BCUT2D eigenvalue weighted by atomic mass is 35.5. The molecular weight excluding hydrogens is 358 g/mol. The molecule has 0 radical (unpaired) electrons. The Morgan fingerprint density at radius 3 is 2.28 bits per heavy atom. The van der Waals surface area contributed by atoms with Gasteiger partial charge < -0.3 is 9.80 Å². The van der Waals surface area contributed by atoms with Gasteiger partial charge in [-0.25, -0.2) is 4.98 Å². The number of hydrogen-bond acceptors (Lipinski definition) is 4. The van der Waals surface area contributed by atoms with Crippen molar-refractivity contribution in [3.8, 4) is 10.6 Å². The van der Waals surface area contributed by atoms with E-state index < -0.39 is 0 Å². The first-order valence-electron chi connectivity index (χ1n) is 8.25. The lowest BCUT2D eigenvalue weighted by molar-refractivity contribution is -0.135. The molecule has 0 aliphatic carbocycles. The van der Waals surface area contributed by atoms with Gasteiger partial charge in [-0.15, -0.1) is 11.3 Å². The van der Waals surface area contributed by atoms with Gasteiger partial charge in [-0.1, -0.05) is 37.6 Å². The lowest BCUT2D eigenvalue weighted by atomic mass is 10.1. The summed E-state index contributed by atoms with van der Waals surface area (Å²) in [6, 6.07) is 7.41. The van der Waals surface area contributed by atoms with Gasteiger partial charge in [0.1, 0.15) is 10.7 Å². The Hall–Kier alpha value is -1.92. The second-order valence-electron chi connectivity index (χ2n) is 6.32. The van der Waals surface area contributed by atoms with E-state index in [2.05, 4.69) is 4.98 Å². The molecule has 0 saturated carbocycles. The van der Waals surface area contributed by atoms with Crippen molar-refractivity contribution in [3.05, 3.63) is 40.4 Å². The minimum Gasteiger partial charge on any atom is -0.339 e. The van der Waals surface area contributed by atoms with Gasteiger partial charge in [0.25, 0.3) is 5.91 Å². The van der Waals surface area contributed by atoms with Gasteiger partial charge in [0, 0.05) is 48.1 Å². The molecule has 0 bridgehead atoms. The van der Waals surface area contributed by atoms with Crippen LogP contribution in [0, 0.1) is 5.92 Å². The smallest absolute Gasteiger partial charge is 0.273 e. The van der Waals surface area contributed by atoms with E-state index >= 15 is 0 Å². The van der Waals surface area contributed by atoms with Gasteiger partial charge in [0.2, 0.25) is 5.91 Å². The number of carbonyl (C=O) groups excluding carboxylic acids is 2. The van der Waals surface area contributed by atoms with Crippen LogP contribution in [0.25, 0.3) is 10.6 Å². The maximum Gasteiger partial charge on any atom is 0.273 e. The lowest BCUT2D eigenvalue weighted by Gasteiger charge is -2.35. The summed E-state index contributed by atoms with van der Waals surface area (Å²) in [4.78, 5) is 32.8. The number of hydrogen-bond donors (Lipinski definition) is 0. The van der Waals surface area contributed by atoms with E-state index in [9.17, 15) is 9.59 Å². The third-order valence-corrected chi connectivity index (χ3v) is 5.33. The minimum atomic E-state index is -0.0758. The third kappa shape index (κ3) is 4.02. The van der Waals surface area contributed by atoms with E-state index in [0.717, 1.165) is 10.6 Å².